The molecule has 1 heterocycles. The van der Waals surface area contributed by atoms with E-state index >= 15 is 0 Å². The van der Waals surface area contributed by atoms with Crippen LogP contribution in [-0.2, 0) is 0 Å². The minimum Gasteiger partial charge on any atom is -0.327 e. The molecule has 0 aromatic heterocycles. The Bertz CT molecular complexity index is 91.3. The lowest BCUT2D eigenvalue weighted by molar-refractivity contribution is 0.307. The van der Waals surface area contributed by atoms with Crippen molar-refractivity contribution in [3.63, 3.8) is 0 Å². The molecule has 10 heavy (non-hydrogen) atoms. The highest BCUT2D eigenvalue weighted by molar-refractivity contribution is 4.79. The number of hydrogen-bond acceptors (Lipinski definition) is 2. The highest BCUT2D eigenvalue weighted by atomic mass is 14.9. The molecule has 2 heteroatoms. The summed E-state index contributed by atoms with van der Waals surface area (Å²) in [5.41, 5.74) is 5.93. The van der Waals surface area contributed by atoms with E-state index < -0.39 is 0 Å². The van der Waals surface area contributed by atoms with Crippen LogP contribution in [0.25, 0.3) is 0 Å². The van der Waals surface area contributed by atoms with Gasteiger partial charge in [-0.25, -0.2) is 0 Å². The van der Waals surface area contributed by atoms with Crippen molar-refractivity contribution in [3.8, 4) is 0 Å². The molecule has 0 saturated carbocycles. The van der Waals surface area contributed by atoms with E-state index in [4.69, 9.17) is 5.73 Å². The predicted molar refractivity (Wildman–Crippen MR) is 43.9 cm³/mol. The zero-order valence-corrected chi connectivity index (χ0v) is 6.77. The third-order valence-corrected chi connectivity index (χ3v) is 2.33. The van der Waals surface area contributed by atoms with Crippen LogP contribution in [-0.4, -0.2) is 19.1 Å². The molecule has 3 N–H and O–H groups in total. The van der Waals surface area contributed by atoms with Gasteiger partial charge in [0.2, 0.25) is 0 Å². The first-order valence-electron chi connectivity index (χ1n) is 4.31. The Morgan fingerprint density at radius 1 is 1.60 bits per heavy atom. The Balaban J connectivity index is 2.25. The van der Waals surface area contributed by atoms with Gasteiger partial charge in [0.25, 0.3) is 0 Å². The third kappa shape index (κ3) is 1.96. The molecule has 0 amide bonds. The van der Waals surface area contributed by atoms with Gasteiger partial charge in [-0.2, -0.15) is 0 Å². The molecular formula is C8H18N2. The first-order valence-corrected chi connectivity index (χ1v) is 4.31. The number of nitrogens with two attached hydrogens (primary N) is 1. The summed E-state index contributed by atoms with van der Waals surface area (Å²) < 4.78 is 0. The maximum Gasteiger partial charge on any atom is 0.00913 e. The zero-order chi connectivity index (χ0) is 7.40. The summed E-state index contributed by atoms with van der Waals surface area (Å²) in [6, 6.07) is 0.459. The van der Waals surface area contributed by atoms with Crippen LogP contribution >= 0.6 is 0 Å². The second-order valence-corrected chi connectivity index (χ2v) is 3.21. The Morgan fingerprint density at radius 2 is 2.40 bits per heavy atom. The average Bonchev–Trinajstić information content (AvgIpc) is 1.94. The summed E-state index contributed by atoms with van der Waals surface area (Å²) in [5.74, 6) is 0.735. The van der Waals surface area contributed by atoms with Gasteiger partial charge in [-0.1, -0.05) is 13.3 Å². The Labute approximate surface area is 63.2 Å². The Hall–Kier alpha value is -0.0800. The van der Waals surface area contributed by atoms with E-state index in [1.807, 2.05) is 0 Å². The van der Waals surface area contributed by atoms with Gasteiger partial charge in [-0.15, -0.1) is 0 Å². The van der Waals surface area contributed by atoms with Crippen molar-refractivity contribution in [1.82, 2.24) is 5.32 Å². The van der Waals surface area contributed by atoms with E-state index in [9.17, 15) is 0 Å². The topological polar surface area (TPSA) is 38.0 Å². The van der Waals surface area contributed by atoms with E-state index in [0.29, 0.717) is 6.04 Å². The monoisotopic (exact) mass is 142 g/mol. The molecule has 0 radical (unpaired) electrons. The van der Waals surface area contributed by atoms with Gasteiger partial charge in [-0.05, 0) is 31.8 Å². The first-order chi connectivity index (χ1) is 4.84. The molecular weight excluding hydrogens is 124 g/mol. The van der Waals surface area contributed by atoms with Gasteiger partial charge in [0.15, 0.2) is 0 Å². The Morgan fingerprint density at radius 3 is 3.00 bits per heavy atom. The summed E-state index contributed by atoms with van der Waals surface area (Å²) in [5, 5.41) is 3.37. The van der Waals surface area contributed by atoms with E-state index in [1.165, 1.54) is 12.8 Å². The standard InChI is InChI=1S/C8H18N2/c1-2-3-7-6-10-5-4-8(7)9/h7-8,10H,2-6,9H2,1H3. The lowest BCUT2D eigenvalue weighted by atomic mass is 9.90. The van der Waals surface area contributed by atoms with Crippen molar-refractivity contribution >= 4 is 0 Å². The fourth-order valence-electron chi connectivity index (χ4n) is 1.63. The summed E-state index contributed by atoms with van der Waals surface area (Å²) in [6.07, 6.45) is 3.71. The van der Waals surface area contributed by atoms with Gasteiger partial charge >= 0.3 is 0 Å². The van der Waals surface area contributed by atoms with Crippen LogP contribution in [0, 0.1) is 5.92 Å². The third-order valence-electron chi connectivity index (χ3n) is 2.33. The van der Waals surface area contributed by atoms with Crippen LogP contribution in [0.2, 0.25) is 0 Å². The van der Waals surface area contributed by atoms with Crippen LogP contribution in [0.3, 0.4) is 0 Å². The summed E-state index contributed by atoms with van der Waals surface area (Å²) in [7, 11) is 0. The fourth-order valence-corrected chi connectivity index (χ4v) is 1.63. The molecule has 0 aromatic carbocycles. The molecule has 1 aliphatic heterocycles. The van der Waals surface area contributed by atoms with Crippen LogP contribution in [0.5, 0.6) is 0 Å². The lowest BCUT2D eigenvalue weighted by Gasteiger charge is -2.28. The number of rotatable bonds is 2. The molecule has 1 aliphatic rings. The van der Waals surface area contributed by atoms with Gasteiger partial charge in [0.05, 0.1) is 0 Å². The predicted octanol–water partition coefficient (Wildman–Crippen LogP) is 0.723. The fraction of sp³-hybridized carbons (Fsp3) is 1.00. The van der Waals surface area contributed by atoms with Crippen LogP contribution in [0.15, 0.2) is 0 Å². The maximum atomic E-state index is 5.93. The second kappa shape index (κ2) is 3.94. The molecule has 0 aromatic rings. The number of hydrogen-bond donors (Lipinski definition) is 2. The lowest BCUT2D eigenvalue weighted by Crippen LogP contribution is -2.44. The molecule has 0 spiro atoms. The second-order valence-electron chi connectivity index (χ2n) is 3.21. The highest BCUT2D eigenvalue weighted by Crippen LogP contribution is 2.14. The van der Waals surface area contributed by atoms with Gasteiger partial charge < -0.3 is 11.1 Å². The Kier molecular flexibility index (Phi) is 3.16. The molecule has 60 valence electrons. The average molecular weight is 142 g/mol. The largest absolute Gasteiger partial charge is 0.327 e. The number of piperidine rings is 1. The van der Waals surface area contributed by atoms with Crippen molar-refractivity contribution in [2.24, 2.45) is 11.7 Å². The van der Waals surface area contributed by atoms with Crippen molar-refractivity contribution in [3.05, 3.63) is 0 Å². The first kappa shape index (κ1) is 8.02. The molecule has 1 fully saturated rings. The molecule has 0 aliphatic carbocycles. The zero-order valence-electron chi connectivity index (χ0n) is 6.77. The molecule has 1 saturated heterocycles. The van der Waals surface area contributed by atoms with E-state index in [-0.39, 0.29) is 0 Å². The van der Waals surface area contributed by atoms with Gasteiger partial charge in [-0.3, -0.25) is 0 Å². The quantitative estimate of drug-likeness (QED) is 0.596. The van der Waals surface area contributed by atoms with Gasteiger partial charge in [0.1, 0.15) is 0 Å². The van der Waals surface area contributed by atoms with Crippen molar-refractivity contribution < 1.29 is 0 Å². The molecule has 2 atom stereocenters. The van der Waals surface area contributed by atoms with Crippen LogP contribution < -0.4 is 11.1 Å². The van der Waals surface area contributed by atoms with Crippen molar-refractivity contribution in [2.75, 3.05) is 13.1 Å². The molecule has 2 unspecified atom stereocenters. The molecule has 2 nitrogen and oxygen atoms in total. The van der Waals surface area contributed by atoms with Crippen LogP contribution in [0.1, 0.15) is 26.2 Å². The van der Waals surface area contributed by atoms with E-state index in [1.54, 1.807) is 0 Å². The summed E-state index contributed by atoms with van der Waals surface area (Å²) in [6.45, 7) is 4.47. The summed E-state index contributed by atoms with van der Waals surface area (Å²) in [4.78, 5) is 0. The smallest absolute Gasteiger partial charge is 0.00913 e. The molecule has 0 bridgehead atoms. The minimum atomic E-state index is 0.459. The van der Waals surface area contributed by atoms with Crippen LogP contribution in [0.4, 0.5) is 0 Å². The van der Waals surface area contributed by atoms with Crippen molar-refractivity contribution in [2.45, 2.75) is 32.2 Å². The SMILES string of the molecule is CCCC1CNCCC1N. The van der Waals surface area contributed by atoms with Crippen molar-refractivity contribution in [1.29, 1.82) is 0 Å². The number of nitrogens with one attached hydrogen (secondary N) is 1. The normalized spacial score (nSPS) is 34.2. The highest BCUT2D eigenvalue weighted by Gasteiger charge is 2.19. The minimum absolute atomic E-state index is 0.459. The maximum absolute atomic E-state index is 5.93. The van der Waals surface area contributed by atoms with E-state index in [0.717, 1.165) is 25.4 Å². The van der Waals surface area contributed by atoms with E-state index in [2.05, 4.69) is 12.2 Å². The van der Waals surface area contributed by atoms with Gasteiger partial charge in [0, 0.05) is 6.04 Å². The molecule has 1 rings (SSSR count). The summed E-state index contributed by atoms with van der Waals surface area (Å²) >= 11 is 0.